The molecule has 1 fully saturated rings. The van der Waals surface area contributed by atoms with Crippen LogP contribution in [0.3, 0.4) is 0 Å². The van der Waals surface area contributed by atoms with Crippen molar-refractivity contribution >= 4 is 5.91 Å². The van der Waals surface area contributed by atoms with Crippen molar-refractivity contribution in [2.24, 2.45) is 0 Å². The maximum absolute atomic E-state index is 12.7. The Morgan fingerprint density at radius 3 is 3.10 bits per heavy atom. The Labute approximate surface area is 124 Å². The maximum Gasteiger partial charge on any atom is 0.292 e. The van der Waals surface area contributed by atoms with Crippen LogP contribution in [0.4, 0.5) is 0 Å². The molecule has 1 amide bonds. The highest BCUT2D eigenvalue weighted by Gasteiger charge is 2.30. The summed E-state index contributed by atoms with van der Waals surface area (Å²) < 4.78 is 5.20. The van der Waals surface area contributed by atoms with Crippen LogP contribution in [0.15, 0.2) is 35.1 Å². The summed E-state index contributed by atoms with van der Waals surface area (Å²) in [5.41, 5.74) is 1.90. The summed E-state index contributed by atoms with van der Waals surface area (Å²) in [4.78, 5) is 18.7. The Morgan fingerprint density at radius 2 is 2.38 bits per heavy atom. The molecular formula is C16H19N3O2. The van der Waals surface area contributed by atoms with Gasteiger partial charge in [0.15, 0.2) is 0 Å². The number of rotatable bonds is 3. The third-order valence-electron chi connectivity index (χ3n) is 3.96. The van der Waals surface area contributed by atoms with Crippen LogP contribution in [0.1, 0.15) is 54.0 Å². The number of nitrogens with zero attached hydrogens (tertiary/aromatic N) is 3. The Morgan fingerprint density at radius 1 is 1.48 bits per heavy atom. The van der Waals surface area contributed by atoms with Gasteiger partial charge in [-0.1, -0.05) is 18.1 Å². The van der Waals surface area contributed by atoms with Gasteiger partial charge in [-0.2, -0.15) is 0 Å². The van der Waals surface area contributed by atoms with Gasteiger partial charge < -0.3 is 9.42 Å². The third-order valence-corrected chi connectivity index (χ3v) is 3.96. The number of aryl methyl sites for hydroxylation is 1. The lowest BCUT2D eigenvalue weighted by Gasteiger charge is -2.35. The molecule has 1 aliphatic rings. The van der Waals surface area contributed by atoms with Crippen LogP contribution in [-0.2, 0) is 6.42 Å². The lowest BCUT2D eigenvalue weighted by molar-refractivity contribution is 0.0569. The quantitative estimate of drug-likeness (QED) is 0.869. The molecule has 0 spiro atoms. The monoisotopic (exact) mass is 285 g/mol. The molecular weight excluding hydrogens is 266 g/mol. The highest BCUT2D eigenvalue weighted by molar-refractivity contribution is 5.91. The van der Waals surface area contributed by atoms with Crippen LogP contribution < -0.4 is 0 Å². The van der Waals surface area contributed by atoms with E-state index in [1.807, 2.05) is 30.2 Å². The van der Waals surface area contributed by atoms with Gasteiger partial charge >= 0.3 is 0 Å². The average molecular weight is 285 g/mol. The average Bonchev–Trinajstić information content (AvgIpc) is 3.04. The molecule has 5 heteroatoms. The zero-order valence-electron chi connectivity index (χ0n) is 12.2. The van der Waals surface area contributed by atoms with Gasteiger partial charge in [0.1, 0.15) is 0 Å². The van der Waals surface area contributed by atoms with Crippen molar-refractivity contribution in [1.82, 2.24) is 15.0 Å². The molecule has 21 heavy (non-hydrogen) atoms. The molecule has 110 valence electrons. The molecule has 1 saturated heterocycles. The van der Waals surface area contributed by atoms with Gasteiger partial charge in [-0.15, -0.1) is 0 Å². The van der Waals surface area contributed by atoms with E-state index >= 15 is 0 Å². The second-order valence-electron chi connectivity index (χ2n) is 5.33. The molecule has 0 aromatic carbocycles. The minimum atomic E-state index is -0.0734. The van der Waals surface area contributed by atoms with Gasteiger partial charge in [0.25, 0.3) is 5.91 Å². The first-order valence-corrected chi connectivity index (χ1v) is 7.46. The number of carbonyl (C=O) groups excluding carboxylic acids is 1. The van der Waals surface area contributed by atoms with E-state index in [0.717, 1.165) is 43.5 Å². The lowest BCUT2D eigenvalue weighted by Crippen LogP contribution is -2.38. The maximum atomic E-state index is 12.7. The molecule has 0 saturated carbocycles. The topological polar surface area (TPSA) is 59.2 Å². The summed E-state index contributed by atoms with van der Waals surface area (Å²) >= 11 is 0. The summed E-state index contributed by atoms with van der Waals surface area (Å²) in [6.07, 6.45) is 7.48. The molecule has 0 N–H and O–H groups in total. The minimum Gasteiger partial charge on any atom is -0.351 e. The number of hydrogen-bond acceptors (Lipinski definition) is 4. The van der Waals surface area contributed by atoms with Gasteiger partial charge in [0, 0.05) is 25.0 Å². The summed E-state index contributed by atoms with van der Waals surface area (Å²) in [5.74, 6) is 0.262. The van der Waals surface area contributed by atoms with Crippen LogP contribution in [0, 0.1) is 0 Å². The largest absolute Gasteiger partial charge is 0.351 e. The fraction of sp³-hybridized carbons (Fsp3) is 0.438. The zero-order valence-corrected chi connectivity index (χ0v) is 12.2. The number of likely N-dealkylation sites (tertiary alicyclic amines) is 1. The fourth-order valence-corrected chi connectivity index (χ4v) is 2.82. The molecule has 1 unspecified atom stereocenters. The lowest BCUT2D eigenvalue weighted by atomic mass is 9.96. The Kier molecular flexibility index (Phi) is 3.99. The highest BCUT2D eigenvalue weighted by atomic mass is 16.5. The van der Waals surface area contributed by atoms with Crippen molar-refractivity contribution in [3.05, 3.63) is 47.6 Å². The standard InChI is InChI=1S/C16H19N3O2/c1-2-13-10-15(21-18-13)16(20)19-9-4-3-7-14(19)12-6-5-8-17-11-12/h5-6,8,10-11,14H,2-4,7,9H2,1H3. The van der Waals surface area contributed by atoms with Crippen LogP contribution >= 0.6 is 0 Å². The highest BCUT2D eigenvalue weighted by Crippen LogP contribution is 2.31. The smallest absolute Gasteiger partial charge is 0.292 e. The van der Waals surface area contributed by atoms with Crippen LogP contribution in [0.2, 0.25) is 0 Å². The van der Waals surface area contributed by atoms with Gasteiger partial charge in [-0.05, 0) is 37.3 Å². The number of carbonyl (C=O) groups is 1. The van der Waals surface area contributed by atoms with E-state index in [0.29, 0.717) is 5.76 Å². The molecule has 0 aliphatic carbocycles. The molecule has 3 rings (SSSR count). The van der Waals surface area contributed by atoms with E-state index in [9.17, 15) is 4.79 Å². The number of aromatic nitrogens is 2. The number of piperidine rings is 1. The predicted molar refractivity (Wildman–Crippen MR) is 77.7 cm³/mol. The van der Waals surface area contributed by atoms with E-state index in [4.69, 9.17) is 4.52 Å². The summed E-state index contributed by atoms with van der Waals surface area (Å²) in [6, 6.07) is 5.77. The fourth-order valence-electron chi connectivity index (χ4n) is 2.82. The van der Waals surface area contributed by atoms with E-state index in [-0.39, 0.29) is 11.9 Å². The van der Waals surface area contributed by atoms with E-state index in [2.05, 4.69) is 10.1 Å². The van der Waals surface area contributed by atoms with E-state index in [1.165, 1.54) is 0 Å². The molecule has 1 atom stereocenters. The minimum absolute atomic E-state index is 0.0734. The first kappa shape index (κ1) is 13.8. The van der Waals surface area contributed by atoms with E-state index in [1.54, 1.807) is 12.3 Å². The second kappa shape index (κ2) is 6.08. The number of amides is 1. The molecule has 0 radical (unpaired) electrons. The van der Waals surface area contributed by atoms with E-state index < -0.39 is 0 Å². The normalized spacial score (nSPS) is 18.7. The van der Waals surface area contributed by atoms with Gasteiger partial charge in [0.2, 0.25) is 5.76 Å². The van der Waals surface area contributed by atoms with Crippen molar-refractivity contribution in [2.75, 3.05) is 6.54 Å². The van der Waals surface area contributed by atoms with Gasteiger partial charge in [-0.3, -0.25) is 9.78 Å². The second-order valence-corrected chi connectivity index (χ2v) is 5.33. The number of hydrogen-bond donors (Lipinski definition) is 0. The first-order valence-electron chi connectivity index (χ1n) is 7.46. The number of pyridine rings is 1. The summed E-state index contributed by atoms with van der Waals surface area (Å²) in [7, 11) is 0. The summed E-state index contributed by atoms with van der Waals surface area (Å²) in [6.45, 7) is 2.74. The Bertz CT molecular complexity index is 609. The molecule has 2 aromatic rings. The van der Waals surface area contributed by atoms with Crippen molar-refractivity contribution in [1.29, 1.82) is 0 Å². The van der Waals surface area contributed by atoms with Crippen LogP contribution in [0.25, 0.3) is 0 Å². The predicted octanol–water partition coefficient (Wildman–Crippen LogP) is 3.00. The molecule has 0 bridgehead atoms. The van der Waals surface area contributed by atoms with Gasteiger partial charge in [0.05, 0.1) is 11.7 Å². The molecule has 2 aromatic heterocycles. The van der Waals surface area contributed by atoms with Crippen molar-refractivity contribution < 1.29 is 9.32 Å². The van der Waals surface area contributed by atoms with Crippen molar-refractivity contribution in [3.8, 4) is 0 Å². The SMILES string of the molecule is CCc1cc(C(=O)N2CCCCC2c2cccnc2)on1. The Hall–Kier alpha value is -2.17. The summed E-state index contributed by atoms with van der Waals surface area (Å²) in [5, 5.41) is 3.91. The molecule has 3 heterocycles. The first-order chi connectivity index (χ1) is 10.3. The van der Waals surface area contributed by atoms with Crippen molar-refractivity contribution in [3.63, 3.8) is 0 Å². The van der Waals surface area contributed by atoms with Crippen LogP contribution in [-0.4, -0.2) is 27.5 Å². The third kappa shape index (κ3) is 2.82. The Balaban J connectivity index is 1.85. The van der Waals surface area contributed by atoms with Crippen LogP contribution in [0.5, 0.6) is 0 Å². The molecule has 1 aliphatic heterocycles. The zero-order chi connectivity index (χ0) is 14.7. The molecule has 5 nitrogen and oxygen atoms in total. The van der Waals surface area contributed by atoms with Gasteiger partial charge in [-0.25, -0.2) is 0 Å². The van der Waals surface area contributed by atoms with Crippen molar-refractivity contribution in [2.45, 2.75) is 38.6 Å².